The van der Waals surface area contributed by atoms with Crippen LogP contribution in [0.25, 0.3) is 0 Å². The largest absolute Gasteiger partial charge is 0.369 e. The van der Waals surface area contributed by atoms with Crippen molar-refractivity contribution in [1.82, 2.24) is 0 Å². The molecule has 2 aromatic carbocycles. The van der Waals surface area contributed by atoms with Crippen LogP contribution >= 0.6 is 15.9 Å². The molecular weight excluding hydrogens is 359 g/mol. The van der Waals surface area contributed by atoms with Crippen LogP contribution in [-0.4, -0.2) is 19.7 Å². The molecule has 0 amide bonds. The smallest absolute Gasteiger partial charge is 0.197 e. The molecule has 2 rings (SSSR count). The van der Waals surface area contributed by atoms with Crippen LogP contribution in [0.2, 0.25) is 0 Å². The van der Waals surface area contributed by atoms with Crippen LogP contribution < -0.4 is 16.0 Å². The van der Waals surface area contributed by atoms with Gasteiger partial charge in [0.2, 0.25) is 0 Å². The van der Waals surface area contributed by atoms with Crippen LogP contribution in [0.4, 0.5) is 15.8 Å². The maximum absolute atomic E-state index is 13.1. The van der Waals surface area contributed by atoms with Gasteiger partial charge in [0, 0.05) is 22.9 Å². The van der Waals surface area contributed by atoms with Gasteiger partial charge in [-0.25, -0.2) is 9.38 Å². The lowest BCUT2D eigenvalue weighted by molar-refractivity contribution is 0.627. The molecule has 0 spiro atoms. The number of hydrogen-bond donors (Lipinski definition) is 2. The number of anilines is 2. The average molecular weight is 379 g/mol. The summed E-state index contributed by atoms with van der Waals surface area (Å²) in [6.45, 7) is 4.18. The van der Waals surface area contributed by atoms with E-state index in [0.29, 0.717) is 12.6 Å². The highest BCUT2D eigenvalue weighted by molar-refractivity contribution is 9.10. The zero-order chi connectivity index (χ0) is 17.0. The minimum atomic E-state index is -0.249. The Kier molecular flexibility index (Phi) is 5.60. The van der Waals surface area contributed by atoms with Gasteiger partial charge in [-0.15, -0.1) is 0 Å². The van der Waals surface area contributed by atoms with Gasteiger partial charge in [0.25, 0.3) is 0 Å². The van der Waals surface area contributed by atoms with Gasteiger partial charge in [-0.1, -0.05) is 15.9 Å². The van der Waals surface area contributed by atoms with Crippen molar-refractivity contribution in [1.29, 1.82) is 0 Å². The number of aryl methyl sites for hydroxylation is 2. The number of nitrogens with zero attached hydrogens (tertiary/aromatic N) is 2. The molecule has 2 aromatic rings. The van der Waals surface area contributed by atoms with Crippen molar-refractivity contribution in [3.05, 3.63) is 57.8 Å². The van der Waals surface area contributed by atoms with Crippen molar-refractivity contribution in [3.8, 4) is 0 Å². The van der Waals surface area contributed by atoms with E-state index in [1.807, 2.05) is 44.0 Å². The molecule has 0 bridgehead atoms. The van der Waals surface area contributed by atoms with Crippen molar-refractivity contribution in [2.45, 2.75) is 13.8 Å². The molecule has 0 heterocycles. The first-order chi connectivity index (χ1) is 10.9. The van der Waals surface area contributed by atoms with Gasteiger partial charge in [-0.2, -0.15) is 0 Å². The predicted octanol–water partition coefficient (Wildman–Crippen LogP) is 4.03. The molecule has 0 fully saturated rings. The van der Waals surface area contributed by atoms with E-state index in [1.165, 1.54) is 12.1 Å². The highest BCUT2D eigenvalue weighted by Gasteiger charge is 2.08. The second-order valence-corrected chi connectivity index (χ2v) is 6.22. The van der Waals surface area contributed by atoms with E-state index < -0.39 is 0 Å². The third-order valence-electron chi connectivity index (χ3n) is 3.56. The fourth-order valence-corrected chi connectivity index (χ4v) is 2.73. The zero-order valence-electron chi connectivity index (χ0n) is 13.4. The molecule has 0 aromatic heterocycles. The molecule has 4 nitrogen and oxygen atoms in total. The normalized spacial score (nSPS) is 11.4. The quantitative estimate of drug-likeness (QED) is 0.623. The van der Waals surface area contributed by atoms with Crippen LogP contribution in [0.3, 0.4) is 0 Å². The fraction of sp³-hybridized carbons (Fsp3) is 0.235. The molecule has 6 heteroatoms. The van der Waals surface area contributed by atoms with Gasteiger partial charge in [-0.05, 0) is 61.4 Å². The van der Waals surface area contributed by atoms with Crippen molar-refractivity contribution < 1.29 is 4.39 Å². The summed E-state index contributed by atoms with van der Waals surface area (Å²) in [5.41, 5.74) is 9.81. The molecule has 0 saturated heterocycles. The van der Waals surface area contributed by atoms with Crippen molar-refractivity contribution in [2.75, 3.05) is 23.9 Å². The Morgan fingerprint density at radius 3 is 2.61 bits per heavy atom. The number of benzene rings is 2. The molecule has 0 atom stereocenters. The first kappa shape index (κ1) is 17.3. The molecular formula is C17H20BrFN4. The lowest BCUT2D eigenvalue weighted by atomic mass is 10.2. The van der Waals surface area contributed by atoms with Gasteiger partial charge in [0.05, 0.1) is 0 Å². The van der Waals surface area contributed by atoms with Crippen LogP contribution in [0.15, 0.2) is 45.9 Å². The molecule has 0 radical (unpaired) electrons. The lowest BCUT2D eigenvalue weighted by Gasteiger charge is -2.20. The van der Waals surface area contributed by atoms with Gasteiger partial charge < -0.3 is 16.0 Å². The fourth-order valence-electron chi connectivity index (χ4n) is 2.26. The number of nitrogens with two attached hydrogens (primary N) is 1. The Hall–Kier alpha value is -2.08. The van der Waals surface area contributed by atoms with Crippen LogP contribution in [0.1, 0.15) is 11.1 Å². The predicted molar refractivity (Wildman–Crippen MR) is 98.5 cm³/mol. The number of rotatable bonds is 4. The summed E-state index contributed by atoms with van der Waals surface area (Å²) < 4.78 is 14.1. The summed E-state index contributed by atoms with van der Waals surface area (Å²) in [5, 5.41) is 3.13. The van der Waals surface area contributed by atoms with Crippen molar-refractivity contribution >= 4 is 33.3 Å². The number of halogens is 2. The summed E-state index contributed by atoms with van der Waals surface area (Å²) in [4.78, 5) is 6.16. The maximum Gasteiger partial charge on any atom is 0.197 e. The van der Waals surface area contributed by atoms with Crippen LogP contribution in [0, 0.1) is 19.7 Å². The van der Waals surface area contributed by atoms with Crippen molar-refractivity contribution in [3.63, 3.8) is 0 Å². The van der Waals surface area contributed by atoms with E-state index in [4.69, 9.17) is 5.73 Å². The molecule has 0 aliphatic rings. The Balaban J connectivity index is 2.04. The lowest BCUT2D eigenvalue weighted by Crippen LogP contribution is -2.35. The number of nitrogens with one attached hydrogen (secondary N) is 1. The SMILES string of the molecule is Cc1cc(F)ccc1NCN=C(N)N(C)c1ccc(Br)cc1C. The molecule has 23 heavy (non-hydrogen) atoms. The number of hydrogen-bond acceptors (Lipinski definition) is 2. The number of guanidine groups is 1. The average Bonchev–Trinajstić information content (AvgIpc) is 2.48. The van der Waals surface area contributed by atoms with E-state index in [1.54, 1.807) is 6.07 Å². The zero-order valence-corrected chi connectivity index (χ0v) is 15.0. The molecule has 0 aliphatic heterocycles. The first-order valence-corrected chi connectivity index (χ1v) is 7.97. The molecule has 0 unspecified atom stereocenters. The Labute approximate surface area is 144 Å². The van der Waals surface area contributed by atoms with Gasteiger partial charge >= 0.3 is 0 Å². The summed E-state index contributed by atoms with van der Waals surface area (Å²) in [6.07, 6.45) is 0. The summed E-state index contributed by atoms with van der Waals surface area (Å²) in [6, 6.07) is 10.6. The molecule has 0 saturated carbocycles. The Morgan fingerprint density at radius 2 is 1.96 bits per heavy atom. The summed E-state index contributed by atoms with van der Waals surface area (Å²) >= 11 is 3.45. The Bertz CT molecular complexity index is 731. The third-order valence-corrected chi connectivity index (χ3v) is 4.06. The molecule has 3 N–H and O–H groups in total. The van der Waals surface area contributed by atoms with E-state index in [9.17, 15) is 4.39 Å². The Morgan fingerprint density at radius 1 is 1.22 bits per heavy atom. The highest BCUT2D eigenvalue weighted by Crippen LogP contribution is 2.22. The highest BCUT2D eigenvalue weighted by atomic mass is 79.9. The van der Waals surface area contributed by atoms with Gasteiger partial charge in [0.1, 0.15) is 12.5 Å². The summed E-state index contributed by atoms with van der Waals surface area (Å²) in [7, 11) is 1.87. The first-order valence-electron chi connectivity index (χ1n) is 7.18. The van der Waals surface area contributed by atoms with Crippen LogP contribution in [-0.2, 0) is 0 Å². The maximum atomic E-state index is 13.1. The topological polar surface area (TPSA) is 53.6 Å². The molecule has 0 aliphatic carbocycles. The monoisotopic (exact) mass is 378 g/mol. The molecule has 122 valence electrons. The van der Waals surface area contributed by atoms with E-state index in [-0.39, 0.29) is 5.82 Å². The second-order valence-electron chi connectivity index (χ2n) is 5.30. The van der Waals surface area contributed by atoms with E-state index in [0.717, 1.165) is 27.0 Å². The van der Waals surface area contributed by atoms with Crippen LogP contribution in [0.5, 0.6) is 0 Å². The summed E-state index contributed by atoms with van der Waals surface area (Å²) in [5.74, 6) is 0.157. The van der Waals surface area contributed by atoms with E-state index in [2.05, 4.69) is 26.2 Å². The second kappa shape index (κ2) is 7.46. The van der Waals surface area contributed by atoms with E-state index >= 15 is 0 Å². The standard InChI is InChI=1S/C17H20BrFN4/c1-11-9-14(19)5-6-15(11)21-10-22-17(20)23(3)16-7-4-13(18)8-12(16)2/h4-9,21H,10H2,1-3H3,(H2,20,22). The van der Waals surface area contributed by atoms with Crippen molar-refractivity contribution in [2.24, 2.45) is 10.7 Å². The van der Waals surface area contributed by atoms with Gasteiger partial charge in [0.15, 0.2) is 5.96 Å². The minimum absolute atomic E-state index is 0.249. The van der Waals surface area contributed by atoms with Gasteiger partial charge in [-0.3, -0.25) is 0 Å². The third kappa shape index (κ3) is 4.45. The minimum Gasteiger partial charge on any atom is -0.369 e. The number of aliphatic imine (C=N–C) groups is 1.